The van der Waals surface area contributed by atoms with Gasteiger partial charge >= 0.3 is 0 Å². The number of benzene rings is 3. The molecule has 174 valence electrons. The highest BCUT2D eigenvalue weighted by Crippen LogP contribution is 2.32. The maximum atomic E-state index is 13.3. The van der Waals surface area contributed by atoms with Crippen molar-refractivity contribution in [3.63, 3.8) is 0 Å². The SMILES string of the molecule is O=C(CN(c1cccc([N+](=O)[O-])c1)S(=O)(=O)c1ccccc1)N/N=C\c1ccc2c(c1)OCO2. The van der Waals surface area contributed by atoms with E-state index in [9.17, 15) is 23.3 Å². The zero-order valence-electron chi connectivity index (χ0n) is 17.5. The molecule has 0 bridgehead atoms. The summed E-state index contributed by atoms with van der Waals surface area (Å²) >= 11 is 0. The smallest absolute Gasteiger partial charge is 0.271 e. The molecule has 0 saturated carbocycles. The van der Waals surface area contributed by atoms with Crippen molar-refractivity contribution in [2.75, 3.05) is 17.6 Å². The third kappa shape index (κ3) is 4.96. The summed E-state index contributed by atoms with van der Waals surface area (Å²) in [4.78, 5) is 23.1. The fourth-order valence-electron chi connectivity index (χ4n) is 3.13. The maximum absolute atomic E-state index is 13.3. The highest BCUT2D eigenvalue weighted by molar-refractivity contribution is 7.92. The number of rotatable bonds is 8. The van der Waals surface area contributed by atoms with Gasteiger partial charge in [-0.05, 0) is 42.0 Å². The van der Waals surface area contributed by atoms with Gasteiger partial charge in [0.05, 0.1) is 21.7 Å². The summed E-state index contributed by atoms with van der Waals surface area (Å²) in [5.41, 5.74) is 2.55. The summed E-state index contributed by atoms with van der Waals surface area (Å²) in [6, 6.07) is 17.6. The lowest BCUT2D eigenvalue weighted by Gasteiger charge is -2.23. The van der Waals surface area contributed by atoms with E-state index in [2.05, 4.69) is 10.5 Å². The van der Waals surface area contributed by atoms with Crippen LogP contribution in [0.3, 0.4) is 0 Å². The van der Waals surface area contributed by atoms with Crippen LogP contribution in [0.5, 0.6) is 11.5 Å². The van der Waals surface area contributed by atoms with Crippen LogP contribution in [-0.2, 0) is 14.8 Å². The van der Waals surface area contributed by atoms with E-state index in [1.165, 1.54) is 48.7 Å². The number of nitro benzene ring substituents is 1. The number of hydrazone groups is 1. The second-order valence-corrected chi connectivity index (χ2v) is 8.87. The molecule has 0 atom stereocenters. The predicted octanol–water partition coefficient (Wildman–Crippen LogP) is 2.67. The van der Waals surface area contributed by atoms with Crippen molar-refractivity contribution in [1.29, 1.82) is 0 Å². The Morgan fingerprint density at radius 2 is 1.82 bits per heavy atom. The lowest BCUT2D eigenvalue weighted by atomic mass is 10.2. The zero-order valence-corrected chi connectivity index (χ0v) is 18.3. The van der Waals surface area contributed by atoms with Crippen LogP contribution in [0.1, 0.15) is 5.56 Å². The molecule has 0 spiro atoms. The molecule has 0 unspecified atom stereocenters. The van der Waals surface area contributed by atoms with Crippen molar-refractivity contribution in [1.82, 2.24) is 5.43 Å². The van der Waals surface area contributed by atoms with E-state index in [1.54, 1.807) is 24.3 Å². The van der Waals surface area contributed by atoms with E-state index in [0.29, 0.717) is 17.1 Å². The van der Waals surface area contributed by atoms with E-state index in [-0.39, 0.29) is 23.1 Å². The van der Waals surface area contributed by atoms with Gasteiger partial charge in [0.2, 0.25) is 6.79 Å². The first-order valence-corrected chi connectivity index (χ1v) is 11.3. The van der Waals surface area contributed by atoms with Crippen molar-refractivity contribution in [2.45, 2.75) is 4.90 Å². The number of hydrogen-bond donors (Lipinski definition) is 1. The van der Waals surface area contributed by atoms with Gasteiger partial charge in [0.1, 0.15) is 6.54 Å². The van der Waals surface area contributed by atoms with Crippen molar-refractivity contribution in [3.8, 4) is 11.5 Å². The molecule has 4 rings (SSSR count). The molecule has 0 radical (unpaired) electrons. The number of fused-ring (bicyclic) bond motifs is 1. The van der Waals surface area contributed by atoms with Gasteiger partial charge in [-0.15, -0.1) is 0 Å². The molecule has 1 heterocycles. The van der Waals surface area contributed by atoms with Crippen LogP contribution in [0, 0.1) is 10.1 Å². The molecule has 34 heavy (non-hydrogen) atoms. The minimum Gasteiger partial charge on any atom is -0.454 e. The number of nitro groups is 1. The summed E-state index contributed by atoms with van der Waals surface area (Å²) in [6.45, 7) is -0.535. The van der Waals surface area contributed by atoms with Crippen molar-refractivity contribution in [3.05, 3.63) is 88.5 Å². The first-order valence-electron chi connectivity index (χ1n) is 9.88. The summed E-state index contributed by atoms with van der Waals surface area (Å²) in [5, 5.41) is 15.1. The predicted molar refractivity (Wildman–Crippen MR) is 122 cm³/mol. The van der Waals surface area contributed by atoms with Gasteiger partial charge in [0.15, 0.2) is 11.5 Å². The summed E-state index contributed by atoms with van der Waals surface area (Å²) < 4.78 is 37.8. The van der Waals surface area contributed by atoms with Gasteiger partial charge in [-0.2, -0.15) is 5.10 Å². The van der Waals surface area contributed by atoms with Crippen molar-refractivity contribution >= 4 is 33.5 Å². The lowest BCUT2D eigenvalue weighted by Crippen LogP contribution is -2.39. The molecular formula is C22H18N4O7S. The molecule has 0 aromatic heterocycles. The van der Waals surface area contributed by atoms with Gasteiger partial charge in [0, 0.05) is 12.1 Å². The number of ether oxygens (including phenoxy) is 2. The van der Waals surface area contributed by atoms with Gasteiger partial charge in [0.25, 0.3) is 21.6 Å². The number of anilines is 1. The average molecular weight is 482 g/mol. The fraction of sp³-hybridized carbons (Fsp3) is 0.0909. The Morgan fingerprint density at radius 3 is 2.59 bits per heavy atom. The number of amides is 1. The van der Waals surface area contributed by atoms with Crippen LogP contribution in [0.25, 0.3) is 0 Å². The molecule has 0 aliphatic carbocycles. The van der Waals surface area contributed by atoms with E-state index >= 15 is 0 Å². The number of hydrogen-bond acceptors (Lipinski definition) is 8. The average Bonchev–Trinajstić information content (AvgIpc) is 3.31. The number of carbonyl (C=O) groups is 1. The monoisotopic (exact) mass is 482 g/mol. The Labute approximate surface area is 194 Å². The standard InChI is InChI=1S/C22H18N4O7S/c27-22(24-23-13-16-9-10-20-21(11-16)33-15-32-20)14-25(17-5-4-6-18(12-17)26(28)29)34(30,31)19-7-2-1-3-8-19/h1-13H,14-15H2,(H,24,27)/b23-13-. The van der Waals surface area contributed by atoms with Crippen molar-refractivity contribution < 1.29 is 27.6 Å². The molecule has 12 heteroatoms. The van der Waals surface area contributed by atoms with Gasteiger partial charge < -0.3 is 9.47 Å². The number of non-ortho nitro benzene ring substituents is 1. The lowest BCUT2D eigenvalue weighted by molar-refractivity contribution is -0.384. The second kappa shape index (κ2) is 9.58. The Morgan fingerprint density at radius 1 is 1.06 bits per heavy atom. The quantitative estimate of drug-likeness (QED) is 0.296. The molecule has 1 amide bonds. The number of carbonyl (C=O) groups excluding carboxylic acids is 1. The number of nitrogens with one attached hydrogen (secondary N) is 1. The summed E-state index contributed by atoms with van der Waals surface area (Å²) in [5.74, 6) is 0.393. The van der Waals surface area contributed by atoms with Crippen LogP contribution in [0.4, 0.5) is 11.4 Å². The molecule has 11 nitrogen and oxygen atoms in total. The molecule has 3 aromatic rings. The highest BCUT2D eigenvalue weighted by atomic mass is 32.2. The molecule has 3 aromatic carbocycles. The van der Waals surface area contributed by atoms with Gasteiger partial charge in [-0.3, -0.25) is 19.2 Å². The molecule has 1 N–H and O–H groups in total. The van der Waals surface area contributed by atoms with Crippen LogP contribution in [0.15, 0.2) is 82.8 Å². The van der Waals surface area contributed by atoms with E-state index in [1.807, 2.05) is 0 Å². The van der Waals surface area contributed by atoms with E-state index in [4.69, 9.17) is 9.47 Å². The maximum Gasteiger partial charge on any atom is 0.271 e. The van der Waals surface area contributed by atoms with Gasteiger partial charge in [-0.1, -0.05) is 24.3 Å². The molecule has 0 saturated heterocycles. The second-order valence-electron chi connectivity index (χ2n) is 7.01. The fourth-order valence-corrected chi connectivity index (χ4v) is 4.57. The third-order valence-electron chi connectivity index (χ3n) is 4.75. The van der Waals surface area contributed by atoms with Crippen molar-refractivity contribution in [2.24, 2.45) is 5.10 Å². The Hall–Kier alpha value is -4.45. The number of sulfonamides is 1. The molecule has 1 aliphatic heterocycles. The first kappa shape index (κ1) is 22.7. The zero-order chi connectivity index (χ0) is 24.1. The molecular weight excluding hydrogens is 464 g/mol. The Balaban J connectivity index is 1.56. The first-order chi connectivity index (χ1) is 16.3. The normalized spacial score (nSPS) is 12.5. The van der Waals surface area contributed by atoms with Crippen LogP contribution >= 0.6 is 0 Å². The highest BCUT2D eigenvalue weighted by Gasteiger charge is 2.28. The van der Waals surface area contributed by atoms with E-state index < -0.39 is 27.4 Å². The number of nitrogens with zero attached hydrogens (tertiary/aromatic N) is 3. The van der Waals surface area contributed by atoms with Crippen LogP contribution < -0.4 is 19.2 Å². The Bertz CT molecular complexity index is 1360. The summed E-state index contributed by atoms with van der Waals surface area (Å²) in [7, 11) is -4.21. The summed E-state index contributed by atoms with van der Waals surface area (Å²) in [6.07, 6.45) is 1.36. The van der Waals surface area contributed by atoms with E-state index in [0.717, 1.165) is 10.4 Å². The third-order valence-corrected chi connectivity index (χ3v) is 6.53. The molecule has 1 aliphatic rings. The minimum atomic E-state index is -4.21. The molecule has 0 fully saturated rings. The van der Waals surface area contributed by atoms with Crippen LogP contribution in [0.2, 0.25) is 0 Å². The Kier molecular flexibility index (Phi) is 6.41. The largest absolute Gasteiger partial charge is 0.454 e. The topological polar surface area (TPSA) is 140 Å². The van der Waals surface area contributed by atoms with Gasteiger partial charge in [-0.25, -0.2) is 13.8 Å². The van der Waals surface area contributed by atoms with Crippen LogP contribution in [-0.4, -0.2) is 38.8 Å². The minimum absolute atomic E-state index is 0.0343.